The molecule has 0 radical (unpaired) electrons. The van der Waals surface area contributed by atoms with E-state index in [1.165, 1.54) is 0 Å². The fourth-order valence-corrected chi connectivity index (χ4v) is 1.85. The van der Waals surface area contributed by atoms with Crippen LogP contribution in [0.25, 0.3) is 11.0 Å². The van der Waals surface area contributed by atoms with E-state index in [1.54, 1.807) is 6.33 Å². The zero-order valence-corrected chi connectivity index (χ0v) is 10.4. The van der Waals surface area contributed by atoms with Crippen LogP contribution in [0.3, 0.4) is 0 Å². The summed E-state index contributed by atoms with van der Waals surface area (Å²) in [6.07, 6.45) is 1.80. The van der Waals surface area contributed by atoms with Crippen LogP contribution in [0.5, 0.6) is 0 Å². The van der Waals surface area contributed by atoms with E-state index in [9.17, 15) is 0 Å². The Balaban J connectivity index is 1.91. The predicted octanol–water partition coefficient (Wildman–Crippen LogP) is 2.59. The van der Waals surface area contributed by atoms with E-state index < -0.39 is 0 Å². The van der Waals surface area contributed by atoms with Crippen molar-refractivity contribution in [2.24, 2.45) is 0 Å². The molecule has 3 aromatic rings. The average molecular weight is 242 g/mol. The van der Waals surface area contributed by atoms with Gasteiger partial charge < -0.3 is 9.09 Å². The number of nitrogens with zero attached hydrogens (tertiary/aromatic N) is 4. The maximum absolute atomic E-state index is 5.19. The van der Waals surface area contributed by atoms with E-state index in [1.807, 2.05) is 42.7 Å². The third-order valence-electron chi connectivity index (χ3n) is 2.82. The minimum Gasteiger partial charge on any atom is -0.339 e. The van der Waals surface area contributed by atoms with Crippen LogP contribution in [0.15, 0.2) is 35.1 Å². The second kappa shape index (κ2) is 4.25. The molecule has 0 aliphatic carbocycles. The van der Waals surface area contributed by atoms with Gasteiger partial charge in [-0.25, -0.2) is 4.98 Å². The Labute approximate surface area is 104 Å². The number of para-hydroxylation sites is 2. The lowest BCUT2D eigenvalue weighted by atomic mass is 10.2. The van der Waals surface area contributed by atoms with Crippen molar-refractivity contribution >= 4 is 11.0 Å². The summed E-state index contributed by atoms with van der Waals surface area (Å²) in [7, 11) is 0. The van der Waals surface area contributed by atoms with E-state index in [-0.39, 0.29) is 5.92 Å². The van der Waals surface area contributed by atoms with Crippen LogP contribution in [-0.4, -0.2) is 19.7 Å². The molecule has 92 valence electrons. The third-order valence-corrected chi connectivity index (χ3v) is 2.82. The molecule has 3 rings (SSSR count). The van der Waals surface area contributed by atoms with Gasteiger partial charge >= 0.3 is 0 Å². The molecule has 5 nitrogen and oxygen atoms in total. The zero-order chi connectivity index (χ0) is 12.5. The van der Waals surface area contributed by atoms with Crippen LogP contribution >= 0.6 is 0 Å². The van der Waals surface area contributed by atoms with Gasteiger partial charge in [-0.1, -0.05) is 31.1 Å². The minimum absolute atomic E-state index is 0.255. The Bertz CT molecular complexity index is 668. The van der Waals surface area contributed by atoms with Crippen LogP contribution < -0.4 is 0 Å². The average Bonchev–Trinajstić information content (AvgIpc) is 2.98. The van der Waals surface area contributed by atoms with Gasteiger partial charge in [0.1, 0.15) is 0 Å². The maximum atomic E-state index is 5.19. The van der Waals surface area contributed by atoms with Crippen LogP contribution in [0.2, 0.25) is 0 Å². The molecule has 2 heterocycles. The molecule has 0 atom stereocenters. The Morgan fingerprint density at radius 2 is 2.11 bits per heavy atom. The van der Waals surface area contributed by atoms with Crippen molar-refractivity contribution < 1.29 is 4.52 Å². The van der Waals surface area contributed by atoms with Gasteiger partial charge in [0, 0.05) is 5.92 Å². The molecule has 2 aromatic heterocycles. The van der Waals surface area contributed by atoms with Crippen molar-refractivity contribution in [3.05, 3.63) is 42.3 Å². The number of rotatable bonds is 3. The lowest BCUT2D eigenvalue weighted by Crippen LogP contribution is -2.00. The predicted molar refractivity (Wildman–Crippen MR) is 67.2 cm³/mol. The van der Waals surface area contributed by atoms with E-state index in [4.69, 9.17) is 4.52 Å². The second-order valence-corrected chi connectivity index (χ2v) is 4.56. The fourth-order valence-electron chi connectivity index (χ4n) is 1.85. The summed E-state index contributed by atoms with van der Waals surface area (Å²) >= 11 is 0. The first kappa shape index (κ1) is 11.0. The highest BCUT2D eigenvalue weighted by Crippen LogP contribution is 2.15. The summed E-state index contributed by atoms with van der Waals surface area (Å²) in [5, 5.41) is 3.98. The summed E-state index contributed by atoms with van der Waals surface area (Å²) in [4.78, 5) is 8.70. The summed E-state index contributed by atoms with van der Waals surface area (Å²) in [6, 6.07) is 7.99. The number of hydrogen-bond donors (Lipinski definition) is 0. The summed E-state index contributed by atoms with van der Waals surface area (Å²) < 4.78 is 7.21. The van der Waals surface area contributed by atoms with Crippen LogP contribution in [0, 0.1) is 0 Å². The minimum atomic E-state index is 0.255. The highest BCUT2D eigenvalue weighted by molar-refractivity contribution is 5.74. The second-order valence-electron chi connectivity index (χ2n) is 4.56. The molecule has 0 fully saturated rings. The Kier molecular flexibility index (Phi) is 2.59. The molecule has 0 saturated carbocycles. The van der Waals surface area contributed by atoms with Gasteiger partial charge in [0.05, 0.1) is 23.9 Å². The van der Waals surface area contributed by atoms with Crippen LogP contribution in [0.4, 0.5) is 0 Å². The normalized spacial score (nSPS) is 11.5. The Morgan fingerprint density at radius 3 is 2.89 bits per heavy atom. The lowest BCUT2D eigenvalue weighted by molar-refractivity contribution is 0.360. The number of fused-ring (bicyclic) bond motifs is 1. The molecular weight excluding hydrogens is 228 g/mol. The standard InChI is InChI=1S/C13H14N4O/c1-9(2)13-15-12(16-18-13)7-17-8-14-10-5-3-4-6-11(10)17/h3-6,8-9H,7H2,1-2H3. The van der Waals surface area contributed by atoms with E-state index in [0.717, 1.165) is 11.0 Å². The highest BCUT2D eigenvalue weighted by Gasteiger charge is 2.11. The molecule has 0 aliphatic heterocycles. The van der Waals surface area contributed by atoms with Crippen molar-refractivity contribution in [1.82, 2.24) is 19.7 Å². The van der Waals surface area contributed by atoms with Crippen molar-refractivity contribution in [3.63, 3.8) is 0 Å². The van der Waals surface area contributed by atoms with Crippen molar-refractivity contribution in [2.75, 3.05) is 0 Å². The summed E-state index contributed by atoms with van der Waals surface area (Å²) in [6.45, 7) is 4.64. The molecule has 0 saturated heterocycles. The van der Waals surface area contributed by atoms with Crippen LogP contribution in [-0.2, 0) is 6.54 Å². The van der Waals surface area contributed by atoms with Gasteiger partial charge in [0.15, 0.2) is 5.82 Å². The Morgan fingerprint density at radius 1 is 1.28 bits per heavy atom. The SMILES string of the molecule is CC(C)c1nc(Cn2cnc3ccccc32)no1. The lowest BCUT2D eigenvalue weighted by Gasteiger charge is -1.99. The fraction of sp³-hybridized carbons (Fsp3) is 0.308. The molecular formula is C13H14N4O. The molecule has 0 N–H and O–H groups in total. The van der Waals surface area contributed by atoms with Crippen molar-refractivity contribution in [1.29, 1.82) is 0 Å². The quantitative estimate of drug-likeness (QED) is 0.708. The first-order valence-electron chi connectivity index (χ1n) is 5.96. The van der Waals surface area contributed by atoms with Gasteiger partial charge in [0.25, 0.3) is 0 Å². The van der Waals surface area contributed by atoms with Gasteiger partial charge in [-0.15, -0.1) is 0 Å². The summed E-state index contributed by atoms with van der Waals surface area (Å²) in [5.74, 6) is 1.61. The molecule has 0 amide bonds. The first-order valence-corrected chi connectivity index (χ1v) is 5.96. The molecule has 0 bridgehead atoms. The van der Waals surface area contributed by atoms with E-state index >= 15 is 0 Å². The number of benzene rings is 1. The molecule has 0 unspecified atom stereocenters. The molecule has 18 heavy (non-hydrogen) atoms. The van der Waals surface area contributed by atoms with E-state index in [0.29, 0.717) is 18.3 Å². The largest absolute Gasteiger partial charge is 0.339 e. The topological polar surface area (TPSA) is 56.7 Å². The molecule has 0 aliphatic rings. The number of imidazole rings is 1. The number of aromatic nitrogens is 4. The Hall–Kier alpha value is -2.17. The van der Waals surface area contributed by atoms with Crippen LogP contribution in [0.1, 0.15) is 31.5 Å². The zero-order valence-electron chi connectivity index (χ0n) is 10.4. The third kappa shape index (κ3) is 1.88. The molecule has 5 heteroatoms. The van der Waals surface area contributed by atoms with Gasteiger partial charge in [-0.2, -0.15) is 4.98 Å². The maximum Gasteiger partial charge on any atom is 0.229 e. The van der Waals surface area contributed by atoms with Gasteiger partial charge in [-0.3, -0.25) is 0 Å². The molecule has 0 spiro atoms. The van der Waals surface area contributed by atoms with Gasteiger partial charge in [0.2, 0.25) is 5.89 Å². The molecule has 1 aromatic carbocycles. The van der Waals surface area contributed by atoms with Crippen molar-refractivity contribution in [3.8, 4) is 0 Å². The van der Waals surface area contributed by atoms with Crippen molar-refractivity contribution in [2.45, 2.75) is 26.3 Å². The first-order chi connectivity index (χ1) is 8.74. The highest BCUT2D eigenvalue weighted by atomic mass is 16.5. The smallest absolute Gasteiger partial charge is 0.229 e. The van der Waals surface area contributed by atoms with Gasteiger partial charge in [-0.05, 0) is 12.1 Å². The summed E-state index contributed by atoms with van der Waals surface area (Å²) in [5.41, 5.74) is 2.05. The van der Waals surface area contributed by atoms with E-state index in [2.05, 4.69) is 15.1 Å². The monoisotopic (exact) mass is 242 g/mol. The number of hydrogen-bond acceptors (Lipinski definition) is 4.